The second-order valence-corrected chi connectivity index (χ2v) is 4.86. The Morgan fingerprint density at radius 1 is 1.23 bits per heavy atom. The Morgan fingerprint density at radius 2 is 1.96 bits per heavy atom. The third-order valence-corrected chi connectivity index (χ3v) is 3.03. The van der Waals surface area contributed by atoms with Crippen LogP contribution in [0.5, 0.6) is 5.75 Å². The molecule has 1 amide bonds. The van der Waals surface area contributed by atoms with E-state index in [9.17, 15) is 19.7 Å². The quantitative estimate of drug-likeness (QED) is 0.279. The zero-order chi connectivity index (χ0) is 18.9. The topological polar surface area (TPSA) is 120 Å². The highest BCUT2D eigenvalue weighted by Gasteiger charge is 2.13. The molecule has 2 rings (SSSR count). The summed E-state index contributed by atoms with van der Waals surface area (Å²) in [5, 5.41) is 14.4. The number of nitro groups is 1. The van der Waals surface area contributed by atoms with Gasteiger partial charge in [-0.05, 0) is 42.8 Å². The van der Waals surface area contributed by atoms with Crippen LogP contribution >= 0.6 is 0 Å². The molecule has 9 heteroatoms. The SMILES string of the molecule is CCOC(=O)N/N=C\c1ccc(OC(=O)c2cccc([N+](=O)[O-])c2)cc1. The van der Waals surface area contributed by atoms with Crippen molar-refractivity contribution in [2.45, 2.75) is 6.92 Å². The molecule has 0 heterocycles. The molecule has 0 aromatic heterocycles. The van der Waals surface area contributed by atoms with E-state index in [1.807, 2.05) is 0 Å². The third-order valence-electron chi connectivity index (χ3n) is 3.03. The Labute approximate surface area is 148 Å². The number of hydrazone groups is 1. The lowest BCUT2D eigenvalue weighted by atomic mass is 10.2. The molecule has 0 saturated heterocycles. The van der Waals surface area contributed by atoms with Crippen molar-refractivity contribution in [1.82, 2.24) is 5.43 Å². The summed E-state index contributed by atoms with van der Waals surface area (Å²) in [6.45, 7) is 1.92. The number of carbonyl (C=O) groups is 2. The number of benzene rings is 2. The predicted octanol–water partition coefficient (Wildman–Crippen LogP) is 2.89. The van der Waals surface area contributed by atoms with E-state index in [2.05, 4.69) is 15.3 Å². The molecule has 0 aliphatic heterocycles. The van der Waals surface area contributed by atoms with Crippen molar-refractivity contribution in [1.29, 1.82) is 0 Å². The number of carbonyl (C=O) groups excluding carboxylic acids is 2. The number of hydrogen-bond acceptors (Lipinski definition) is 7. The molecule has 0 fully saturated rings. The van der Waals surface area contributed by atoms with Crippen LogP contribution in [0.3, 0.4) is 0 Å². The van der Waals surface area contributed by atoms with Crippen molar-refractivity contribution in [2.24, 2.45) is 5.10 Å². The van der Waals surface area contributed by atoms with Crippen LogP contribution < -0.4 is 10.2 Å². The molecule has 26 heavy (non-hydrogen) atoms. The first-order valence-electron chi connectivity index (χ1n) is 7.52. The number of non-ortho nitro benzene ring substituents is 1. The molecule has 0 atom stereocenters. The van der Waals surface area contributed by atoms with Gasteiger partial charge in [-0.3, -0.25) is 10.1 Å². The Morgan fingerprint density at radius 3 is 2.62 bits per heavy atom. The van der Waals surface area contributed by atoms with Crippen molar-refractivity contribution in [3.63, 3.8) is 0 Å². The Balaban J connectivity index is 1.97. The Bertz CT molecular complexity index is 833. The van der Waals surface area contributed by atoms with Crippen LogP contribution in [-0.2, 0) is 4.74 Å². The molecule has 2 aromatic rings. The number of ether oxygens (including phenoxy) is 2. The number of amides is 1. The number of hydrogen-bond donors (Lipinski definition) is 1. The maximum Gasteiger partial charge on any atom is 0.427 e. The molecule has 2 aromatic carbocycles. The fourth-order valence-electron chi connectivity index (χ4n) is 1.86. The van der Waals surface area contributed by atoms with Gasteiger partial charge in [-0.15, -0.1) is 0 Å². The molecule has 9 nitrogen and oxygen atoms in total. The first-order chi connectivity index (χ1) is 12.5. The minimum absolute atomic E-state index is 0.0727. The van der Waals surface area contributed by atoms with E-state index in [0.29, 0.717) is 5.56 Å². The van der Waals surface area contributed by atoms with Gasteiger partial charge in [0.2, 0.25) is 0 Å². The van der Waals surface area contributed by atoms with Crippen LogP contribution in [-0.4, -0.2) is 29.8 Å². The summed E-state index contributed by atoms with van der Waals surface area (Å²) in [6.07, 6.45) is 0.731. The van der Waals surface area contributed by atoms with Crippen molar-refractivity contribution in [2.75, 3.05) is 6.61 Å². The zero-order valence-electron chi connectivity index (χ0n) is 13.7. The van der Waals surface area contributed by atoms with Gasteiger partial charge in [-0.2, -0.15) is 5.10 Å². The predicted molar refractivity (Wildman–Crippen MR) is 92.2 cm³/mol. The summed E-state index contributed by atoms with van der Waals surface area (Å²) >= 11 is 0. The van der Waals surface area contributed by atoms with E-state index >= 15 is 0 Å². The van der Waals surface area contributed by atoms with E-state index in [4.69, 9.17) is 4.74 Å². The average Bonchev–Trinajstić information content (AvgIpc) is 2.63. The van der Waals surface area contributed by atoms with Gasteiger partial charge in [0.05, 0.1) is 23.3 Å². The van der Waals surface area contributed by atoms with E-state index in [-0.39, 0.29) is 23.6 Å². The smallest absolute Gasteiger partial charge is 0.427 e. The number of nitrogens with one attached hydrogen (secondary N) is 1. The zero-order valence-corrected chi connectivity index (χ0v) is 13.7. The molecule has 0 saturated carbocycles. The van der Waals surface area contributed by atoms with Crippen molar-refractivity contribution >= 4 is 24.0 Å². The highest BCUT2D eigenvalue weighted by atomic mass is 16.6. The van der Waals surface area contributed by atoms with Gasteiger partial charge in [0.25, 0.3) is 5.69 Å². The molecule has 0 spiro atoms. The van der Waals surface area contributed by atoms with E-state index in [0.717, 1.165) is 6.07 Å². The fourth-order valence-corrected chi connectivity index (χ4v) is 1.86. The second-order valence-electron chi connectivity index (χ2n) is 4.86. The molecule has 0 aliphatic rings. The van der Waals surface area contributed by atoms with Crippen molar-refractivity contribution in [3.05, 3.63) is 69.8 Å². The van der Waals surface area contributed by atoms with Gasteiger partial charge in [0, 0.05) is 12.1 Å². The maximum atomic E-state index is 12.0. The first-order valence-corrected chi connectivity index (χ1v) is 7.52. The monoisotopic (exact) mass is 357 g/mol. The summed E-state index contributed by atoms with van der Waals surface area (Å²) in [4.78, 5) is 33.3. The lowest BCUT2D eigenvalue weighted by Crippen LogP contribution is -2.18. The van der Waals surface area contributed by atoms with Crippen LogP contribution in [0, 0.1) is 10.1 Å². The van der Waals surface area contributed by atoms with Crippen LogP contribution in [0.15, 0.2) is 53.6 Å². The van der Waals surface area contributed by atoms with Gasteiger partial charge in [0.1, 0.15) is 5.75 Å². The molecule has 134 valence electrons. The summed E-state index contributed by atoms with van der Waals surface area (Å²) in [5.41, 5.74) is 2.71. The number of nitro benzene ring substituents is 1. The van der Waals surface area contributed by atoms with Gasteiger partial charge < -0.3 is 9.47 Å². The van der Waals surface area contributed by atoms with Crippen molar-refractivity contribution in [3.8, 4) is 5.75 Å². The maximum absolute atomic E-state index is 12.0. The van der Waals surface area contributed by atoms with Crippen LogP contribution in [0.1, 0.15) is 22.8 Å². The molecular weight excluding hydrogens is 342 g/mol. The molecule has 0 unspecified atom stereocenters. The second kappa shape index (κ2) is 8.92. The minimum atomic E-state index is -0.709. The highest BCUT2D eigenvalue weighted by Crippen LogP contribution is 2.17. The van der Waals surface area contributed by atoms with Gasteiger partial charge in [0.15, 0.2) is 0 Å². The standard InChI is InChI=1S/C17H15N3O6/c1-2-25-17(22)19-18-11-12-6-8-15(9-7-12)26-16(21)13-4-3-5-14(10-13)20(23)24/h3-11H,2H2,1H3,(H,19,22)/b18-11-. The van der Waals surface area contributed by atoms with E-state index in [1.165, 1.54) is 36.5 Å². The lowest BCUT2D eigenvalue weighted by molar-refractivity contribution is -0.384. The summed E-state index contributed by atoms with van der Waals surface area (Å²) in [5.74, 6) is -0.448. The molecule has 0 radical (unpaired) electrons. The Kier molecular flexibility index (Phi) is 6.38. The number of rotatable bonds is 6. The Hall–Kier alpha value is -3.75. The summed E-state index contributed by atoms with van der Waals surface area (Å²) in [7, 11) is 0. The number of nitrogens with zero attached hydrogens (tertiary/aromatic N) is 2. The van der Waals surface area contributed by atoms with Crippen LogP contribution in [0.25, 0.3) is 0 Å². The number of esters is 1. The van der Waals surface area contributed by atoms with E-state index in [1.54, 1.807) is 19.1 Å². The van der Waals surface area contributed by atoms with Crippen molar-refractivity contribution < 1.29 is 24.0 Å². The van der Waals surface area contributed by atoms with Gasteiger partial charge >= 0.3 is 12.1 Å². The van der Waals surface area contributed by atoms with Gasteiger partial charge in [-0.1, -0.05) is 6.07 Å². The van der Waals surface area contributed by atoms with Crippen LogP contribution in [0.4, 0.5) is 10.5 Å². The van der Waals surface area contributed by atoms with Gasteiger partial charge in [-0.25, -0.2) is 15.0 Å². The third kappa shape index (κ3) is 5.41. The fraction of sp³-hybridized carbons (Fsp3) is 0.118. The summed E-state index contributed by atoms with van der Waals surface area (Å²) in [6, 6.07) is 11.6. The normalized spacial score (nSPS) is 10.3. The van der Waals surface area contributed by atoms with Crippen LogP contribution in [0.2, 0.25) is 0 Å². The molecular formula is C17H15N3O6. The first kappa shape index (κ1) is 18.6. The lowest BCUT2D eigenvalue weighted by Gasteiger charge is -2.04. The molecule has 0 bridgehead atoms. The highest BCUT2D eigenvalue weighted by molar-refractivity contribution is 5.91. The molecule has 0 aliphatic carbocycles. The molecule has 1 N–H and O–H groups in total. The largest absolute Gasteiger partial charge is 0.449 e. The minimum Gasteiger partial charge on any atom is -0.449 e. The average molecular weight is 357 g/mol. The van der Waals surface area contributed by atoms with E-state index < -0.39 is 17.0 Å². The summed E-state index contributed by atoms with van der Waals surface area (Å²) < 4.78 is 9.81.